The lowest BCUT2D eigenvalue weighted by Crippen LogP contribution is -2.24. The van der Waals surface area contributed by atoms with E-state index < -0.39 is 7.59 Å². The molecule has 1 aromatic rings. The molecule has 0 unspecified atom stereocenters. The van der Waals surface area contributed by atoms with Crippen LogP contribution in [0.5, 0.6) is 11.5 Å². The number of rotatable bonds is 6. The smallest absolute Gasteiger partial charge is 0.304 e. The van der Waals surface area contributed by atoms with Crippen LogP contribution in [-0.2, 0) is 4.57 Å². The summed E-state index contributed by atoms with van der Waals surface area (Å²) in [7, 11) is -0.420. The normalized spacial score (nSPS) is 11.9. The number of nitrogens with zero attached hydrogens (tertiary/aromatic N) is 1. The third-order valence-electron chi connectivity index (χ3n) is 2.58. The van der Waals surface area contributed by atoms with Gasteiger partial charge in [-0.05, 0) is 18.1 Å². The van der Waals surface area contributed by atoms with Crippen LogP contribution in [0.2, 0.25) is 0 Å². The minimum Gasteiger partial charge on any atom is -0.497 e. The third kappa shape index (κ3) is 4.27. The van der Waals surface area contributed by atoms with Crippen LogP contribution in [0.1, 0.15) is 13.8 Å². The van der Waals surface area contributed by atoms with Crippen LogP contribution in [-0.4, -0.2) is 14.2 Å². The minimum absolute atomic E-state index is 0.272. The highest BCUT2D eigenvalue weighted by molar-refractivity contribution is 7.60. The van der Waals surface area contributed by atoms with Gasteiger partial charge in [-0.2, -0.15) is 0 Å². The molecule has 0 aliphatic carbocycles. The standard InChI is InChI=1S/C13H22N3O3P/c1-10(2)7-8-16(20(14,15)17)12-6-5-11(18-3)9-13(12)19-4/h5-10H,1-4H3,(H4,14,15,17). The molecule has 0 bridgehead atoms. The number of nitrogens with two attached hydrogens (primary N) is 2. The molecule has 1 rings (SSSR count). The SMILES string of the molecule is COc1ccc(N(C=CC(C)C)P(N)(N)=O)c(OC)c1. The Morgan fingerprint density at radius 2 is 1.90 bits per heavy atom. The molecule has 7 heteroatoms. The largest absolute Gasteiger partial charge is 0.497 e. The van der Waals surface area contributed by atoms with Crippen LogP contribution in [0.15, 0.2) is 30.5 Å². The third-order valence-corrected chi connectivity index (χ3v) is 3.60. The Hall–Kier alpha value is -1.49. The lowest BCUT2D eigenvalue weighted by Gasteiger charge is -2.26. The Labute approximate surface area is 119 Å². The first-order chi connectivity index (χ1) is 9.29. The van der Waals surface area contributed by atoms with E-state index in [1.54, 1.807) is 31.5 Å². The van der Waals surface area contributed by atoms with E-state index in [-0.39, 0.29) is 5.92 Å². The average molecular weight is 299 g/mol. The molecule has 0 heterocycles. The van der Waals surface area contributed by atoms with Gasteiger partial charge in [0.2, 0.25) is 0 Å². The Morgan fingerprint density at radius 3 is 2.35 bits per heavy atom. The monoisotopic (exact) mass is 299 g/mol. The topological polar surface area (TPSA) is 90.8 Å². The Balaban J connectivity index is 3.30. The first kappa shape index (κ1) is 16.6. The number of methoxy groups -OCH3 is 2. The summed E-state index contributed by atoms with van der Waals surface area (Å²) in [6.45, 7) is 4.00. The van der Waals surface area contributed by atoms with E-state index in [9.17, 15) is 4.57 Å². The van der Waals surface area contributed by atoms with Crippen LogP contribution in [0, 0.1) is 5.92 Å². The second kappa shape index (κ2) is 6.79. The number of hydrogen-bond acceptors (Lipinski definition) is 3. The van der Waals surface area contributed by atoms with Gasteiger partial charge in [-0.15, -0.1) is 0 Å². The van der Waals surface area contributed by atoms with Crippen LogP contribution in [0.3, 0.4) is 0 Å². The molecule has 0 spiro atoms. The zero-order valence-corrected chi connectivity index (χ0v) is 13.1. The van der Waals surface area contributed by atoms with Gasteiger partial charge in [0.1, 0.15) is 11.5 Å². The highest BCUT2D eigenvalue weighted by Gasteiger charge is 2.23. The lowest BCUT2D eigenvalue weighted by atomic mass is 10.2. The van der Waals surface area contributed by atoms with Crippen LogP contribution in [0.25, 0.3) is 0 Å². The van der Waals surface area contributed by atoms with Crippen molar-refractivity contribution in [1.29, 1.82) is 0 Å². The van der Waals surface area contributed by atoms with Gasteiger partial charge in [-0.1, -0.05) is 19.9 Å². The first-order valence-electron chi connectivity index (χ1n) is 6.16. The van der Waals surface area contributed by atoms with Gasteiger partial charge in [-0.25, -0.2) is 0 Å². The van der Waals surface area contributed by atoms with E-state index in [1.807, 2.05) is 19.9 Å². The molecule has 0 radical (unpaired) electrons. The Morgan fingerprint density at radius 1 is 1.25 bits per heavy atom. The summed E-state index contributed by atoms with van der Waals surface area (Å²) in [6.07, 6.45) is 3.48. The average Bonchev–Trinajstić information content (AvgIpc) is 2.37. The Bertz CT molecular complexity index is 526. The summed E-state index contributed by atoms with van der Waals surface area (Å²) in [5.41, 5.74) is 11.8. The van der Waals surface area contributed by atoms with E-state index in [1.165, 1.54) is 11.8 Å². The van der Waals surface area contributed by atoms with Crippen molar-refractivity contribution in [3.05, 3.63) is 30.5 Å². The van der Waals surface area contributed by atoms with E-state index in [0.717, 1.165) is 0 Å². The molecule has 0 aromatic heterocycles. The second-order valence-electron chi connectivity index (χ2n) is 4.64. The van der Waals surface area contributed by atoms with E-state index in [0.29, 0.717) is 17.2 Å². The number of ether oxygens (including phenoxy) is 2. The molecule has 0 fully saturated rings. The Kier molecular flexibility index (Phi) is 5.62. The maximum absolute atomic E-state index is 12.1. The number of benzene rings is 1. The van der Waals surface area contributed by atoms with Crippen LogP contribution in [0.4, 0.5) is 5.69 Å². The molecule has 20 heavy (non-hydrogen) atoms. The molecule has 0 aliphatic heterocycles. The predicted octanol–water partition coefficient (Wildman–Crippen LogP) is 2.71. The van der Waals surface area contributed by atoms with Crippen molar-refractivity contribution in [2.75, 3.05) is 18.9 Å². The van der Waals surface area contributed by atoms with Gasteiger partial charge in [0.05, 0.1) is 19.9 Å². The van der Waals surface area contributed by atoms with Crippen LogP contribution < -0.4 is 25.2 Å². The summed E-state index contributed by atoms with van der Waals surface area (Å²) in [6, 6.07) is 5.11. The van der Waals surface area contributed by atoms with Gasteiger partial charge in [0, 0.05) is 12.3 Å². The van der Waals surface area contributed by atoms with Gasteiger partial charge in [-0.3, -0.25) is 20.2 Å². The van der Waals surface area contributed by atoms with Crippen LogP contribution >= 0.6 is 7.59 Å². The summed E-state index contributed by atoms with van der Waals surface area (Å²) >= 11 is 0. The molecule has 112 valence electrons. The van der Waals surface area contributed by atoms with Crippen molar-refractivity contribution in [3.63, 3.8) is 0 Å². The zero-order valence-electron chi connectivity index (χ0n) is 12.2. The van der Waals surface area contributed by atoms with Crippen molar-refractivity contribution in [1.82, 2.24) is 0 Å². The van der Waals surface area contributed by atoms with Gasteiger partial charge < -0.3 is 9.47 Å². The highest BCUT2D eigenvalue weighted by atomic mass is 31.2. The first-order valence-corrected chi connectivity index (χ1v) is 7.96. The molecule has 4 N–H and O–H groups in total. The van der Waals surface area contributed by atoms with Crippen molar-refractivity contribution >= 4 is 13.3 Å². The fourth-order valence-electron chi connectivity index (χ4n) is 1.58. The predicted molar refractivity (Wildman–Crippen MR) is 82.0 cm³/mol. The van der Waals surface area contributed by atoms with Crippen molar-refractivity contribution < 1.29 is 14.0 Å². The summed E-state index contributed by atoms with van der Waals surface area (Å²) in [5, 5.41) is 0. The second-order valence-corrected chi connectivity index (χ2v) is 6.42. The fourth-order valence-corrected chi connectivity index (χ4v) is 2.37. The van der Waals surface area contributed by atoms with E-state index in [4.69, 9.17) is 20.5 Å². The maximum Gasteiger partial charge on any atom is 0.304 e. The number of allylic oxidation sites excluding steroid dienone is 1. The van der Waals surface area contributed by atoms with Gasteiger partial charge in [0.15, 0.2) is 0 Å². The van der Waals surface area contributed by atoms with Crippen molar-refractivity contribution in [2.24, 2.45) is 16.9 Å². The maximum atomic E-state index is 12.1. The summed E-state index contributed by atoms with van der Waals surface area (Å²) in [4.78, 5) is 0. The number of hydrogen-bond donors (Lipinski definition) is 2. The molecule has 6 nitrogen and oxygen atoms in total. The quantitative estimate of drug-likeness (QED) is 0.785. The molecule has 0 atom stereocenters. The molecule has 0 amide bonds. The van der Waals surface area contributed by atoms with Crippen molar-refractivity contribution in [3.8, 4) is 11.5 Å². The highest BCUT2D eigenvalue weighted by Crippen LogP contribution is 2.43. The molecule has 0 saturated carbocycles. The minimum atomic E-state index is -3.49. The number of anilines is 1. The molecule has 1 aromatic carbocycles. The fraction of sp³-hybridized carbons (Fsp3) is 0.385. The molecular weight excluding hydrogens is 277 g/mol. The molecular formula is C13H22N3O3P. The zero-order chi connectivity index (χ0) is 15.3. The molecule has 0 saturated heterocycles. The van der Waals surface area contributed by atoms with E-state index in [2.05, 4.69) is 0 Å². The van der Waals surface area contributed by atoms with Gasteiger partial charge >= 0.3 is 7.59 Å². The molecule has 0 aliphatic rings. The van der Waals surface area contributed by atoms with Gasteiger partial charge in [0.25, 0.3) is 0 Å². The summed E-state index contributed by atoms with van der Waals surface area (Å²) < 4.78 is 23.8. The van der Waals surface area contributed by atoms with Crippen molar-refractivity contribution in [2.45, 2.75) is 13.8 Å². The lowest BCUT2D eigenvalue weighted by molar-refractivity contribution is 0.395. The van der Waals surface area contributed by atoms with E-state index >= 15 is 0 Å². The summed E-state index contributed by atoms with van der Waals surface area (Å²) in [5.74, 6) is 1.38.